The molecular formula is C23H26Cl3FN8O. The third kappa shape index (κ3) is 5.18. The van der Waals surface area contributed by atoms with E-state index in [2.05, 4.69) is 20.9 Å². The maximum Gasteiger partial charge on any atom is 0.225 e. The van der Waals surface area contributed by atoms with Crippen LogP contribution in [0.15, 0.2) is 18.3 Å². The number of amides is 1. The highest BCUT2D eigenvalue weighted by Gasteiger charge is 2.30. The number of hydrogen-bond donors (Lipinski definition) is 4. The van der Waals surface area contributed by atoms with Crippen molar-refractivity contribution in [3.05, 3.63) is 33.4 Å². The largest absolute Gasteiger partial charge is 0.369 e. The zero-order valence-electron chi connectivity index (χ0n) is 19.3. The number of alkyl halides is 1. The van der Waals surface area contributed by atoms with Crippen molar-refractivity contribution in [1.82, 2.24) is 24.8 Å². The Hall–Kier alpha value is -2.40. The number of benzene rings is 1. The fourth-order valence-corrected chi connectivity index (χ4v) is 5.85. The minimum atomic E-state index is -1.04. The van der Waals surface area contributed by atoms with Gasteiger partial charge < -0.3 is 21.7 Å². The van der Waals surface area contributed by atoms with Gasteiger partial charge in [0.1, 0.15) is 11.7 Å². The van der Waals surface area contributed by atoms with Crippen LogP contribution in [0.25, 0.3) is 11.2 Å². The molecule has 2 fully saturated rings. The third-order valence-corrected chi connectivity index (χ3v) is 7.68. The fraction of sp³-hybridized carbons (Fsp3) is 0.478. The average molecular weight is 556 g/mol. The van der Waals surface area contributed by atoms with Gasteiger partial charge in [-0.2, -0.15) is 4.98 Å². The smallest absolute Gasteiger partial charge is 0.225 e. The predicted molar refractivity (Wildman–Crippen MR) is 140 cm³/mol. The molecule has 1 amide bonds. The number of hydrogen-bond acceptors (Lipinski definition) is 7. The van der Waals surface area contributed by atoms with E-state index in [1.165, 1.54) is 0 Å². The van der Waals surface area contributed by atoms with Crippen LogP contribution in [0.4, 0.5) is 22.0 Å². The molecule has 0 radical (unpaired) electrons. The highest BCUT2D eigenvalue weighted by Crippen LogP contribution is 2.40. The minimum absolute atomic E-state index is 0.00601. The Bertz CT molecular complexity index is 1260. The van der Waals surface area contributed by atoms with Crippen LogP contribution in [0.5, 0.6) is 0 Å². The van der Waals surface area contributed by atoms with Crippen molar-refractivity contribution in [2.24, 2.45) is 11.7 Å². The van der Waals surface area contributed by atoms with Crippen LogP contribution in [-0.4, -0.2) is 50.7 Å². The number of nitrogens with one attached hydrogen (secondary N) is 3. The van der Waals surface area contributed by atoms with Crippen LogP contribution in [-0.2, 0) is 4.79 Å². The molecule has 5 N–H and O–H groups in total. The molecule has 2 aromatic heterocycles. The first-order valence-corrected chi connectivity index (χ1v) is 13.0. The molecule has 2 atom stereocenters. The second kappa shape index (κ2) is 10.5. The first kappa shape index (κ1) is 25.3. The third-order valence-electron chi connectivity index (χ3n) is 6.86. The van der Waals surface area contributed by atoms with Gasteiger partial charge in [0, 0.05) is 23.5 Å². The van der Waals surface area contributed by atoms with E-state index >= 15 is 0 Å². The highest BCUT2D eigenvalue weighted by atomic mass is 35.5. The van der Waals surface area contributed by atoms with Gasteiger partial charge in [-0.05, 0) is 50.8 Å². The molecule has 1 saturated heterocycles. The standard InChI is InChI=1S/C23H26Cl3FN8O/c24-12-7-14(25)19(15(26)8-12)33-23-32-18-10-30-22(31-17-5-6-29-9-16(17)27)34-21(18)35(23)13-3-1-11(2-4-13)20(28)36/h7-8,10-11,13,16-17,29H,1-6,9H2,(H2,28,36)(H,32,33)(H,30,31,34). The number of piperidine rings is 1. The Morgan fingerprint density at radius 2 is 1.83 bits per heavy atom. The number of imidazole rings is 1. The van der Waals surface area contributed by atoms with E-state index in [-0.39, 0.29) is 30.5 Å². The topological polar surface area (TPSA) is 123 Å². The van der Waals surface area contributed by atoms with Crippen LogP contribution < -0.4 is 21.7 Å². The molecular weight excluding hydrogens is 530 g/mol. The Morgan fingerprint density at radius 1 is 1.11 bits per heavy atom. The number of nitrogens with two attached hydrogens (primary N) is 1. The second-order valence-corrected chi connectivity index (χ2v) is 10.5. The molecule has 0 bridgehead atoms. The SMILES string of the molecule is NC(=O)C1CCC(n2c(Nc3c(Cl)cc(Cl)cc3Cl)nc3cnc(NC4CCNCC4F)nc32)CC1. The van der Waals surface area contributed by atoms with Crippen molar-refractivity contribution in [2.45, 2.75) is 50.4 Å². The van der Waals surface area contributed by atoms with Crippen LogP contribution in [0.1, 0.15) is 38.1 Å². The quantitative estimate of drug-likeness (QED) is 0.343. The molecule has 3 aromatic rings. The van der Waals surface area contributed by atoms with E-state index in [0.29, 0.717) is 75.9 Å². The van der Waals surface area contributed by atoms with Crippen molar-refractivity contribution >= 4 is 69.5 Å². The van der Waals surface area contributed by atoms with Crippen molar-refractivity contribution < 1.29 is 9.18 Å². The number of rotatable bonds is 6. The fourth-order valence-electron chi connectivity index (χ4n) is 4.94. The Labute approximate surface area is 222 Å². The number of carbonyl (C=O) groups excluding carboxylic acids is 1. The normalized spacial score (nSPS) is 24.6. The molecule has 1 aromatic carbocycles. The molecule has 36 heavy (non-hydrogen) atoms. The second-order valence-electron chi connectivity index (χ2n) is 9.24. The van der Waals surface area contributed by atoms with E-state index < -0.39 is 6.17 Å². The molecule has 1 aliphatic carbocycles. The van der Waals surface area contributed by atoms with E-state index in [1.807, 2.05) is 4.57 Å². The summed E-state index contributed by atoms with van der Waals surface area (Å²) < 4.78 is 16.4. The number of primary amides is 1. The van der Waals surface area contributed by atoms with Gasteiger partial charge in [-0.25, -0.2) is 14.4 Å². The number of fused-ring (bicyclic) bond motifs is 1. The Balaban J connectivity index is 1.53. The lowest BCUT2D eigenvalue weighted by Crippen LogP contribution is -2.45. The van der Waals surface area contributed by atoms with Crippen LogP contribution >= 0.6 is 34.8 Å². The Kier molecular flexibility index (Phi) is 7.39. The number of nitrogens with zero attached hydrogens (tertiary/aromatic N) is 4. The van der Waals surface area contributed by atoms with E-state index in [9.17, 15) is 9.18 Å². The summed E-state index contributed by atoms with van der Waals surface area (Å²) in [5.74, 6) is 0.382. The molecule has 9 nitrogen and oxygen atoms in total. The molecule has 13 heteroatoms. The molecule has 3 heterocycles. The molecule has 192 valence electrons. The lowest BCUT2D eigenvalue weighted by atomic mass is 9.85. The predicted octanol–water partition coefficient (Wildman–Crippen LogP) is 4.86. The van der Waals surface area contributed by atoms with Crippen molar-refractivity contribution in [2.75, 3.05) is 23.7 Å². The molecule has 1 aliphatic heterocycles. The lowest BCUT2D eigenvalue weighted by Gasteiger charge is -2.29. The van der Waals surface area contributed by atoms with E-state index in [0.717, 1.165) is 6.54 Å². The molecule has 5 rings (SSSR count). The number of carbonyl (C=O) groups is 1. The first-order valence-electron chi connectivity index (χ1n) is 11.9. The molecule has 2 aliphatic rings. The van der Waals surface area contributed by atoms with Crippen molar-refractivity contribution in [3.8, 4) is 0 Å². The summed E-state index contributed by atoms with van der Waals surface area (Å²) in [6, 6.07) is 2.80. The number of aromatic nitrogens is 4. The number of halogens is 4. The summed E-state index contributed by atoms with van der Waals surface area (Å²) in [6.07, 6.45) is 3.94. The van der Waals surface area contributed by atoms with Gasteiger partial charge >= 0.3 is 0 Å². The Morgan fingerprint density at radius 3 is 2.50 bits per heavy atom. The lowest BCUT2D eigenvalue weighted by molar-refractivity contribution is -0.122. The molecule has 2 unspecified atom stereocenters. The van der Waals surface area contributed by atoms with Gasteiger partial charge in [0.25, 0.3) is 0 Å². The minimum Gasteiger partial charge on any atom is -0.369 e. The maximum absolute atomic E-state index is 14.4. The summed E-state index contributed by atoms with van der Waals surface area (Å²) in [5, 5.41) is 10.5. The summed E-state index contributed by atoms with van der Waals surface area (Å²) in [5.41, 5.74) is 7.15. The summed E-state index contributed by atoms with van der Waals surface area (Å²) in [6.45, 7) is 1.01. The van der Waals surface area contributed by atoms with Gasteiger partial charge in [-0.1, -0.05) is 34.8 Å². The first-order chi connectivity index (χ1) is 17.3. The van der Waals surface area contributed by atoms with Crippen molar-refractivity contribution in [1.29, 1.82) is 0 Å². The monoisotopic (exact) mass is 554 g/mol. The van der Waals surface area contributed by atoms with Gasteiger partial charge in [0.05, 0.1) is 28.0 Å². The summed E-state index contributed by atoms with van der Waals surface area (Å²) in [7, 11) is 0. The summed E-state index contributed by atoms with van der Waals surface area (Å²) in [4.78, 5) is 25.5. The van der Waals surface area contributed by atoms with Gasteiger partial charge in [0.15, 0.2) is 5.65 Å². The van der Waals surface area contributed by atoms with E-state index in [4.69, 9.17) is 50.5 Å². The average Bonchev–Trinajstić information content (AvgIpc) is 3.20. The van der Waals surface area contributed by atoms with Crippen LogP contribution in [0.3, 0.4) is 0 Å². The molecule has 1 saturated carbocycles. The van der Waals surface area contributed by atoms with Crippen LogP contribution in [0, 0.1) is 5.92 Å². The van der Waals surface area contributed by atoms with E-state index in [1.54, 1.807) is 18.3 Å². The number of anilines is 3. The van der Waals surface area contributed by atoms with Gasteiger partial charge in [0.2, 0.25) is 17.8 Å². The zero-order chi connectivity index (χ0) is 25.4. The highest BCUT2D eigenvalue weighted by molar-refractivity contribution is 6.41. The van der Waals surface area contributed by atoms with Crippen molar-refractivity contribution in [3.63, 3.8) is 0 Å². The van der Waals surface area contributed by atoms with Crippen LogP contribution in [0.2, 0.25) is 15.1 Å². The van der Waals surface area contributed by atoms with Gasteiger partial charge in [-0.3, -0.25) is 9.36 Å². The maximum atomic E-state index is 14.4. The summed E-state index contributed by atoms with van der Waals surface area (Å²) >= 11 is 18.9. The van der Waals surface area contributed by atoms with Gasteiger partial charge in [-0.15, -0.1) is 0 Å². The zero-order valence-corrected chi connectivity index (χ0v) is 21.5. The molecule has 0 spiro atoms.